The minimum atomic E-state index is -0.639. The fourth-order valence-electron chi connectivity index (χ4n) is 5.21. The van der Waals surface area contributed by atoms with Crippen molar-refractivity contribution in [2.24, 2.45) is 0 Å². The molecule has 1 saturated heterocycles. The summed E-state index contributed by atoms with van der Waals surface area (Å²) >= 11 is 0. The van der Waals surface area contributed by atoms with Crippen molar-refractivity contribution >= 4 is 11.8 Å². The fourth-order valence-corrected chi connectivity index (χ4v) is 5.21. The molecule has 2 amide bonds. The maximum absolute atomic E-state index is 13.2. The Morgan fingerprint density at radius 3 is 2.77 bits per heavy atom. The first-order chi connectivity index (χ1) is 17.0. The summed E-state index contributed by atoms with van der Waals surface area (Å²) in [6.07, 6.45) is 1.06. The summed E-state index contributed by atoms with van der Waals surface area (Å²) in [5, 5.41) is 10.8. The summed E-state index contributed by atoms with van der Waals surface area (Å²) in [5.74, 6) is 1.04. The zero-order valence-corrected chi connectivity index (χ0v) is 20.2. The fraction of sp³-hybridized carbons (Fsp3) is 0.481. The highest BCUT2D eigenvalue weighted by atomic mass is 16.5. The van der Waals surface area contributed by atoms with Crippen LogP contribution in [-0.4, -0.2) is 89.7 Å². The Hall–Kier alpha value is -3.10. The second kappa shape index (κ2) is 10.3. The monoisotopic (exact) mass is 479 g/mol. The van der Waals surface area contributed by atoms with Crippen LogP contribution in [0.15, 0.2) is 42.5 Å². The molecule has 2 aromatic rings. The standard InChI is InChI=1S/C27H33N3O5/c1-19(31)29-11-9-24(18-29)35-23-6-7-25-26(14-23)34-13-12-30(27(25)33)17-22(32)16-28-10-8-20-4-2-3-5-21(20)15-28/h2-7,14,22,24,32H,8-13,15-18H2,1H3/t22-,24-/m1/s1. The van der Waals surface area contributed by atoms with Crippen LogP contribution in [0, 0.1) is 0 Å². The lowest BCUT2D eigenvalue weighted by atomic mass is 10.00. The van der Waals surface area contributed by atoms with Crippen molar-refractivity contribution in [3.05, 3.63) is 59.2 Å². The lowest BCUT2D eigenvalue weighted by Crippen LogP contribution is -2.44. The van der Waals surface area contributed by atoms with Gasteiger partial charge in [-0.2, -0.15) is 0 Å². The normalized spacial score (nSPS) is 21.1. The van der Waals surface area contributed by atoms with Gasteiger partial charge in [0.2, 0.25) is 5.91 Å². The highest BCUT2D eigenvalue weighted by molar-refractivity contribution is 5.97. The van der Waals surface area contributed by atoms with Crippen LogP contribution in [0.3, 0.4) is 0 Å². The molecule has 0 radical (unpaired) electrons. The smallest absolute Gasteiger partial charge is 0.257 e. The van der Waals surface area contributed by atoms with Crippen LogP contribution < -0.4 is 9.47 Å². The molecule has 2 aromatic carbocycles. The van der Waals surface area contributed by atoms with Gasteiger partial charge in [-0.3, -0.25) is 14.5 Å². The number of ether oxygens (including phenoxy) is 2. The molecular weight excluding hydrogens is 446 g/mol. The molecule has 8 heteroatoms. The highest BCUT2D eigenvalue weighted by Gasteiger charge is 2.29. The number of aliphatic hydroxyl groups excluding tert-OH is 1. The first-order valence-corrected chi connectivity index (χ1v) is 12.4. The lowest BCUT2D eigenvalue weighted by Gasteiger charge is -2.32. The predicted molar refractivity (Wildman–Crippen MR) is 131 cm³/mol. The third-order valence-electron chi connectivity index (χ3n) is 7.09. The zero-order chi connectivity index (χ0) is 24.4. The van der Waals surface area contributed by atoms with Crippen LogP contribution in [0.5, 0.6) is 11.5 Å². The molecule has 0 aromatic heterocycles. The van der Waals surface area contributed by atoms with Gasteiger partial charge in [-0.15, -0.1) is 0 Å². The second-order valence-corrected chi connectivity index (χ2v) is 9.66. The number of carbonyl (C=O) groups is 2. The summed E-state index contributed by atoms with van der Waals surface area (Å²) in [6.45, 7) is 6.12. The Morgan fingerprint density at radius 2 is 1.97 bits per heavy atom. The molecule has 186 valence electrons. The topological polar surface area (TPSA) is 82.6 Å². The van der Waals surface area contributed by atoms with E-state index < -0.39 is 6.10 Å². The van der Waals surface area contributed by atoms with Crippen molar-refractivity contribution in [1.29, 1.82) is 0 Å². The molecule has 35 heavy (non-hydrogen) atoms. The predicted octanol–water partition coefficient (Wildman–Crippen LogP) is 1.94. The molecular formula is C27H33N3O5. The van der Waals surface area contributed by atoms with Gasteiger partial charge in [0.1, 0.15) is 24.2 Å². The van der Waals surface area contributed by atoms with Gasteiger partial charge in [0.25, 0.3) is 5.91 Å². The number of nitrogens with zero attached hydrogens (tertiary/aromatic N) is 3. The van der Waals surface area contributed by atoms with Crippen LogP contribution in [-0.2, 0) is 17.8 Å². The molecule has 0 saturated carbocycles. The molecule has 3 aliphatic heterocycles. The van der Waals surface area contributed by atoms with Crippen LogP contribution >= 0.6 is 0 Å². The third-order valence-corrected chi connectivity index (χ3v) is 7.09. The van der Waals surface area contributed by atoms with Gasteiger partial charge in [0.05, 0.1) is 24.8 Å². The van der Waals surface area contributed by atoms with Crippen LogP contribution in [0.25, 0.3) is 0 Å². The van der Waals surface area contributed by atoms with E-state index >= 15 is 0 Å². The molecule has 1 N–H and O–H groups in total. The van der Waals surface area contributed by atoms with Crippen LogP contribution in [0.4, 0.5) is 0 Å². The van der Waals surface area contributed by atoms with Gasteiger partial charge >= 0.3 is 0 Å². The van der Waals surface area contributed by atoms with Gasteiger partial charge in [0, 0.05) is 52.1 Å². The maximum atomic E-state index is 13.2. The van der Waals surface area contributed by atoms with Crippen LogP contribution in [0.2, 0.25) is 0 Å². The first-order valence-electron chi connectivity index (χ1n) is 12.4. The highest BCUT2D eigenvalue weighted by Crippen LogP contribution is 2.30. The Bertz CT molecular complexity index is 1090. The number of fused-ring (bicyclic) bond motifs is 2. The molecule has 3 aliphatic rings. The van der Waals surface area contributed by atoms with E-state index in [1.165, 1.54) is 11.1 Å². The van der Waals surface area contributed by atoms with E-state index in [0.29, 0.717) is 49.8 Å². The number of carbonyl (C=O) groups excluding carboxylic acids is 2. The van der Waals surface area contributed by atoms with Crippen molar-refractivity contribution in [2.75, 3.05) is 45.9 Å². The molecule has 0 aliphatic carbocycles. The Morgan fingerprint density at radius 1 is 1.14 bits per heavy atom. The van der Waals surface area contributed by atoms with Crippen LogP contribution in [0.1, 0.15) is 34.8 Å². The number of β-amino-alcohol motifs (C(OH)–C–C–N with tert-alkyl or cyclic N) is 1. The summed E-state index contributed by atoms with van der Waals surface area (Å²) < 4.78 is 11.9. The van der Waals surface area contributed by atoms with E-state index in [4.69, 9.17) is 9.47 Å². The van der Waals surface area contributed by atoms with Crippen molar-refractivity contribution in [3.8, 4) is 11.5 Å². The van der Waals surface area contributed by atoms with E-state index in [1.54, 1.807) is 34.9 Å². The minimum absolute atomic E-state index is 0.0549. The summed E-state index contributed by atoms with van der Waals surface area (Å²) in [6, 6.07) is 13.7. The van der Waals surface area contributed by atoms with Gasteiger partial charge in [-0.05, 0) is 29.7 Å². The zero-order valence-electron chi connectivity index (χ0n) is 20.2. The molecule has 8 nitrogen and oxygen atoms in total. The maximum Gasteiger partial charge on any atom is 0.257 e. The van der Waals surface area contributed by atoms with Crippen molar-refractivity contribution in [1.82, 2.24) is 14.7 Å². The van der Waals surface area contributed by atoms with Gasteiger partial charge in [0.15, 0.2) is 0 Å². The average Bonchev–Trinajstić information content (AvgIpc) is 3.26. The first kappa shape index (κ1) is 23.6. The SMILES string of the molecule is CC(=O)N1CC[C@@H](Oc2ccc3c(c2)OCCN(C[C@H](O)CN2CCc4ccccc4C2)C3=O)C1. The van der Waals surface area contributed by atoms with E-state index in [2.05, 4.69) is 29.2 Å². The van der Waals surface area contributed by atoms with Gasteiger partial charge < -0.3 is 24.4 Å². The summed E-state index contributed by atoms with van der Waals surface area (Å²) in [7, 11) is 0. The molecule has 0 bridgehead atoms. The molecule has 0 spiro atoms. The Balaban J connectivity index is 1.18. The Kier molecular flexibility index (Phi) is 6.92. The number of hydrogen-bond donors (Lipinski definition) is 1. The van der Waals surface area contributed by atoms with Gasteiger partial charge in [-0.1, -0.05) is 24.3 Å². The molecule has 2 atom stereocenters. The van der Waals surface area contributed by atoms with Crippen molar-refractivity contribution < 1.29 is 24.2 Å². The average molecular weight is 480 g/mol. The number of likely N-dealkylation sites (tertiary alicyclic amines) is 1. The van der Waals surface area contributed by atoms with Crippen molar-refractivity contribution in [2.45, 2.75) is 38.5 Å². The van der Waals surface area contributed by atoms with E-state index in [0.717, 1.165) is 25.9 Å². The lowest BCUT2D eigenvalue weighted by molar-refractivity contribution is -0.128. The number of aliphatic hydroxyl groups is 1. The van der Waals surface area contributed by atoms with Crippen molar-refractivity contribution in [3.63, 3.8) is 0 Å². The molecule has 1 fully saturated rings. The van der Waals surface area contributed by atoms with E-state index in [-0.39, 0.29) is 24.5 Å². The number of benzene rings is 2. The quantitative estimate of drug-likeness (QED) is 0.682. The van der Waals surface area contributed by atoms with Gasteiger partial charge in [-0.25, -0.2) is 0 Å². The number of amides is 2. The molecule has 3 heterocycles. The Labute approximate surface area is 206 Å². The number of rotatable bonds is 6. The van der Waals surface area contributed by atoms with E-state index in [1.807, 2.05) is 0 Å². The third kappa shape index (κ3) is 5.44. The molecule has 0 unspecified atom stereocenters. The minimum Gasteiger partial charge on any atom is -0.491 e. The largest absolute Gasteiger partial charge is 0.491 e. The summed E-state index contributed by atoms with van der Waals surface area (Å²) in [4.78, 5) is 30.5. The molecule has 5 rings (SSSR count). The summed E-state index contributed by atoms with van der Waals surface area (Å²) in [5.41, 5.74) is 3.16. The van der Waals surface area contributed by atoms with E-state index in [9.17, 15) is 14.7 Å². The second-order valence-electron chi connectivity index (χ2n) is 9.66. The number of hydrogen-bond acceptors (Lipinski definition) is 6.